The average Bonchev–Trinajstić information content (AvgIpc) is 3.39. The molecule has 0 radical (unpaired) electrons. The van der Waals surface area contributed by atoms with Crippen molar-refractivity contribution in [3.05, 3.63) is 46.5 Å². The van der Waals surface area contributed by atoms with Crippen LogP contribution in [-0.4, -0.2) is 68.0 Å². The number of aromatic nitrogens is 1. The van der Waals surface area contributed by atoms with Crippen LogP contribution < -0.4 is 15.4 Å². The summed E-state index contributed by atoms with van der Waals surface area (Å²) in [6.45, 7) is 5.20. The van der Waals surface area contributed by atoms with Gasteiger partial charge in [-0.1, -0.05) is 0 Å². The van der Waals surface area contributed by atoms with Crippen LogP contribution in [0.25, 0.3) is 11.6 Å². The van der Waals surface area contributed by atoms with Gasteiger partial charge < -0.3 is 25.3 Å². The van der Waals surface area contributed by atoms with Gasteiger partial charge in [0.1, 0.15) is 15.7 Å². The number of likely N-dealkylation sites (tertiary alicyclic amines) is 1. The molecule has 2 aliphatic rings. The van der Waals surface area contributed by atoms with E-state index < -0.39 is 21.7 Å². The average molecular weight is 491 g/mol. The van der Waals surface area contributed by atoms with E-state index in [4.69, 9.17) is 4.74 Å². The van der Waals surface area contributed by atoms with Gasteiger partial charge in [0.25, 0.3) is 5.91 Å². The van der Waals surface area contributed by atoms with E-state index in [1.807, 2.05) is 4.90 Å². The molecular formula is C23H27FN4O5S. The Labute approximate surface area is 197 Å². The first-order valence-electron chi connectivity index (χ1n) is 10.9. The molecule has 182 valence electrons. The van der Waals surface area contributed by atoms with Gasteiger partial charge in [0.15, 0.2) is 5.75 Å². The van der Waals surface area contributed by atoms with Crippen LogP contribution in [0.1, 0.15) is 28.9 Å². The Hall–Kier alpha value is -3.18. The topological polar surface area (TPSA) is 121 Å². The predicted octanol–water partition coefficient (Wildman–Crippen LogP) is 2.47. The number of carbonyl (C=O) groups excluding carboxylic acids is 2. The Kier molecular flexibility index (Phi) is 6.50. The van der Waals surface area contributed by atoms with Crippen LogP contribution >= 0.6 is 0 Å². The minimum absolute atomic E-state index is 0.0827. The first kappa shape index (κ1) is 24.0. The number of H-pyrrole nitrogens is 1. The lowest BCUT2D eigenvalue weighted by atomic mass is 10.0. The number of halogens is 1. The number of hydrogen-bond acceptors (Lipinski definition) is 6. The fraction of sp³-hybridized carbons (Fsp3) is 0.391. The van der Waals surface area contributed by atoms with E-state index in [1.54, 1.807) is 19.9 Å². The maximum absolute atomic E-state index is 13.7. The number of nitrogens with zero attached hydrogens (tertiary/aromatic N) is 1. The number of aromatic amines is 1. The molecule has 2 amide bonds. The number of ether oxygens (including phenoxy) is 1. The maximum Gasteiger partial charge on any atom is 0.412 e. The molecule has 1 fully saturated rings. The number of benzene rings is 1. The van der Waals surface area contributed by atoms with Gasteiger partial charge >= 0.3 is 6.09 Å². The number of amides is 2. The van der Waals surface area contributed by atoms with E-state index in [0.717, 1.165) is 0 Å². The summed E-state index contributed by atoms with van der Waals surface area (Å²) < 4.78 is 42.0. The molecule has 0 spiro atoms. The number of anilines is 1. The number of aryl methyl sites for hydroxylation is 1. The predicted molar refractivity (Wildman–Crippen MR) is 127 cm³/mol. The van der Waals surface area contributed by atoms with Crippen molar-refractivity contribution in [2.75, 3.05) is 37.0 Å². The number of sulfone groups is 1. The summed E-state index contributed by atoms with van der Waals surface area (Å²) in [6, 6.07) is 3.96. The Morgan fingerprint density at radius 3 is 2.85 bits per heavy atom. The summed E-state index contributed by atoms with van der Waals surface area (Å²) in [6.07, 6.45) is 2.92. The van der Waals surface area contributed by atoms with Crippen molar-refractivity contribution in [2.24, 2.45) is 0 Å². The molecule has 3 N–H and O–H groups in total. The molecular weight excluding hydrogens is 463 g/mol. The van der Waals surface area contributed by atoms with Crippen LogP contribution in [0.2, 0.25) is 0 Å². The second-order valence-corrected chi connectivity index (χ2v) is 11.0. The number of hydrogen-bond donors (Lipinski definition) is 3. The molecule has 0 unspecified atom stereocenters. The Morgan fingerprint density at radius 1 is 1.35 bits per heavy atom. The van der Waals surface area contributed by atoms with Crippen LogP contribution in [0.5, 0.6) is 5.75 Å². The normalized spacial score (nSPS) is 19.4. The molecule has 2 aromatic rings. The van der Waals surface area contributed by atoms with Gasteiger partial charge in [0.2, 0.25) is 0 Å². The molecule has 1 aromatic carbocycles. The van der Waals surface area contributed by atoms with Crippen LogP contribution in [0.3, 0.4) is 0 Å². The number of fused-ring (bicyclic) bond motifs is 1. The summed E-state index contributed by atoms with van der Waals surface area (Å²) in [5, 5.41) is 5.54. The first-order chi connectivity index (χ1) is 16.0. The van der Waals surface area contributed by atoms with Crippen LogP contribution in [-0.2, 0) is 14.6 Å². The Morgan fingerprint density at radius 2 is 2.12 bits per heavy atom. The zero-order chi connectivity index (χ0) is 24.6. The van der Waals surface area contributed by atoms with Crippen molar-refractivity contribution in [3.63, 3.8) is 0 Å². The minimum Gasteiger partial charge on any atom is -0.408 e. The van der Waals surface area contributed by atoms with Crippen LogP contribution in [0, 0.1) is 19.7 Å². The lowest BCUT2D eigenvalue weighted by Crippen LogP contribution is -2.39. The standard InChI is InChI=1S/C23H27FN4O5S/c1-13-20(11-18-17-10-15(24)4-5-19(17)27-22(18)29)25-14(2)21(13)33-23(30)26-16-6-7-28(12-16)8-9-34(3,31)32/h4-5,10-11,16,25H,6-9,12H2,1-3H3,(H,26,30)(H,27,29)/b18-11-/t16-/m0/s1. The Balaban J connectivity index is 1.43. The van der Waals surface area contributed by atoms with Crippen LogP contribution in [0.15, 0.2) is 18.2 Å². The van der Waals surface area contributed by atoms with E-state index in [1.165, 1.54) is 24.5 Å². The third-order valence-corrected chi connectivity index (χ3v) is 6.95. The van der Waals surface area contributed by atoms with Crippen molar-refractivity contribution in [3.8, 4) is 5.75 Å². The maximum atomic E-state index is 13.7. The minimum atomic E-state index is -3.04. The monoisotopic (exact) mass is 490 g/mol. The van der Waals surface area contributed by atoms with Crippen molar-refractivity contribution >= 4 is 39.2 Å². The summed E-state index contributed by atoms with van der Waals surface area (Å²) >= 11 is 0. The van der Waals surface area contributed by atoms with Gasteiger partial charge in [-0.2, -0.15) is 0 Å². The number of nitrogens with one attached hydrogen (secondary N) is 3. The zero-order valence-electron chi connectivity index (χ0n) is 19.2. The molecule has 1 atom stereocenters. The highest BCUT2D eigenvalue weighted by Gasteiger charge is 2.27. The van der Waals surface area contributed by atoms with Gasteiger partial charge in [-0.05, 0) is 44.5 Å². The highest BCUT2D eigenvalue weighted by Crippen LogP contribution is 2.35. The molecule has 0 saturated carbocycles. The molecule has 9 nitrogen and oxygen atoms in total. The molecule has 1 aromatic heterocycles. The summed E-state index contributed by atoms with van der Waals surface area (Å²) in [7, 11) is -3.04. The molecule has 2 aliphatic heterocycles. The SMILES string of the molecule is Cc1[nH]c(/C=C2\C(=O)Nc3ccc(F)cc32)c(C)c1OC(=O)N[C@H]1CCN(CCS(C)(=O)=O)C1. The van der Waals surface area contributed by atoms with E-state index in [9.17, 15) is 22.4 Å². The lowest BCUT2D eigenvalue weighted by molar-refractivity contribution is -0.110. The van der Waals surface area contributed by atoms with Gasteiger partial charge in [-0.15, -0.1) is 0 Å². The molecule has 11 heteroatoms. The second-order valence-electron chi connectivity index (χ2n) is 8.77. The van der Waals surface area contributed by atoms with Gasteiger partial charge in [-0.25, -0.2) is 17.6 Å². The molecule has 3 heterocycles. The second kappa shape index (κ2) is 9.22. The largest absolute Gasteiger partial charge is 0.412 e. The molecule has 0 bridgehead atoms. The third kappa shape index (κ3) is 5.31. The van der Waals surface area contributed by atoms with Gasteiger partial charge in [0, 0.05) is 54.4 Å². The summed E-state index contributed by atoms with van der Waals surface area (Å²) in [4.78, 5) is 30.0. The fourth-order valence-electron chi connectivity index (χ4n) is 4.24. The van der Waals surface area contributed by atoms with Crippen molar-refractivity contribution < 1.29 is 27.1 Å². The van der Waals surface area contributed by atoms with Crippen molar-refractivity contribution in [1.29, 1.82) is 0 Å². The van der Waals surface area contributed by atoms with Gasteiger partial charge in [0.05, 0.1) is 17.0 Å². The van der Waals surface area contributed by atoms with E-state index in [2.05, 4.69) is 15.6 Å². The molecule has 34 heavy (non-hydrogen) atoms. The van der Waals surface area contributed by atoms with Crippen molar-refractivity contribution in [2.45, 2.75) is 26.3 Å². The van der Waals surface area contributed by atoms with E-state index in [0.29, 0.717) is 65.6 Å². The summed E-state index contributed by atoms with van der Waals surface area (Å²) in [5.41, 5.74) is 3.15. The summed E-state index contributed by atoms with van der Waals surface area (Å²) in [5.74, 6) is -0.342. The first-order valence-corrected chi connectivity index (χ1v) is 13.0. The highest BCUT2D eigenvalue weighted by molar-refractivity contribution is 7.90. The third-order valence-electron chi connectivity index (χ3n) is 6.03. The van der Waals surface area contributed by atoms with Crippen molar-refractivity contribution in [1.82, 2.24) is 15.2 Å². The van der Waals surface area contributed by atoms with E-state index in [-0.39, 0.29) is 17.7 Å². The fourth-order valence-corrected chi connectivity index (χ4v) is 4.83. The number of carbonyl (C=O) groups is 2. The van der Waals surface area contributed by atoms with E-state index >= 15 is 0 Å². The zero-order valence-corrected chi connectivity index (χ0v) is 20.0. The quantitative estimate of drug-likeness (QED) is 0.535. The molecule has 1 saturated heterocycles. The van der Waals surface area contributed by atoms with Gasteiger partial charge in [-0.3, -0.25) is 4.79 Å². The Bertz CT molecular complexity index is 1280. The highest BCUT2D eigenvalue weighted by atomic mass is 32.2. The molecule has 4 rings (SSSR count). The molecule has 0 aliphatic carbocycles. The smallest absolute Gasteiger partial charge is 0.408 e. The number of rotatable bonds is 6. The van der Waals surface area contributed by atoms with Crippen LogP contribution in [0.4, 0.5) is 14.9 Å². The lowest BCUT2D eigenvalue weighted by Gasteiger charge is -2.16.